The molecule has 1 amide bonds. The van der Waals surface area contributed by atoms with Gasteiger partial charge in [-0.25, -0.2) is 0 Å². The number of halogens is 1. The molecule has 1 fully saturated rings. The highest BCUT2D eigenvalue weighted by Crippen LogP contribution is 2.24. The van der Waals surface area contributed by atoms with Crippen LogP contribution in [-0.2, 0) is 11.3 Å². The van der Waals surface area contributed by atoms with Gasteiger partial charge in [0.25, 0.3) is 5.91 Å². The molecular formula is C12H20ClN3O3. The van der Waals surface area contributed by atoms with E-state index in [-0.39, 0.29) is 24.4 Å². The second-order valence-corrected chi connectivity index (χ2v) is 4.62. The summed E-state index contributed by atoms with van der Waals surface area (Å²) in [6.07, 6.45) is 3.17. The van der Waals surface area contributed by atoms with Gasteiger partial charge < -0.3 is 20.3 Å². The number of nitrogens with one attached hydrogen (secondary N) is 1. The van der Waals surface area contributed by atoms with Crippen molar-refractivity contribution in [3.8, 4) is 0 Å². The fraction of sp³-hybridized carbons (Fsp3) is 0.667. The number of nitrogens with two attached hydrogens (primary N) is 1. The van der Waals surface area contributed by atoms with Gasteiger partial charge >= 0.3 is 0 Å². The van der Waals surface area contributed by atoms with Crippen molar-refractivity contribution in [3.63, 3.8) is 0 Å². The average molecular weight is 290 g/mol. The molecule has 1 saturated carbocycles. The van der Waals surface area contributed by atoms with Gasteiger partial charge in [0, 0.05) is 19.2 Å². The average Bonchev–Trinajstić information content (AvgIpc) is 2.98. The smallest absolute Gasteiger partial charge is 0.273 e. The van der Waals surface area contributed by atoms with Crippen LogP contribution in [0.15, 0.2) is 10.6 Å². The third kappa shape index (κ3) is 3.92. The number of methoxy groups -OCH3 is 1. The minimum absolute atomic E-state index is 0. The van der Waals surface area contributed by atoms with Crippen LogP contribution in [0, 0.1) is 5.92 Å². The molecule has 0 spiro atoms. The molecule has 0 aliphatic heterocycles. The first-order chi connectivity index (χ1) is 8.74. The first-order valence-corrected chi connectivity index (χ1v) is 6.20. The number of aromatic nitrogens is 1. The van der Waals surface area contributed by atoms with Gasteiger partial charge in [0.15, 0.2) is 11.5 Å². The van der Waals surface area contributed by atoms with Crippen molar-refractivity contribution in [1.82, 2.24) is 10.5 Å². The Bertz CT molecular complexity index is 411. The van der Waals surface area contributed by atoms with Crippen LogP contribution in [0.25, 0.3) is 0 Å². The molecule has 2 atom stereocenters. The molecule has 1 aromatic heterocycles. The van der Waals surface area contributed by atoms with Crippen molar-refractivity contribution < 1.29 is 14.1 Å². The molecule has 2 rings (SSSR count). The van der Waals surface area contributed by atoms with E-state index in [0.717, 1.165) is 19.3 Å². The Labute approximate surface area is 118 Å². The fourth-order valence-electron chi connectivity index (χ4n) is 2.38. The Hall–Kier alpha value is -1.11. The van der Waals surface area contributed by atoms with Crippen molar-refractivity contribution in [2.75, 3.05) is 13.7 Å². The zero-order valence-electron chi connectivity index (χ0n) is 10.9. The monoisotopic (exact) mass is 289 g/mol. The van der Waals surface area contributed by atoms with Crippen LogP contribution >= 0.6 is 12.4 Å². The summed E-state index contributed by atoms with van der Waals surface area (Å²) in [6.45, 7) is 0.924. The molecule has 1 aliphatic carbocycles. The van der Waals surface area contributed by atoms with Crippen molar-refractivity contribution in [1.29, 1.82) is 0 Å². The van der Waals surface area contributed by atoms with Gasteiger partial charge in [-0.3, -0.25) is 4.79 Å². The van der Waals surface area contributed by atoms with E-state index < -0.39 is 0 Å². The van der Waals surface area contributed by atoms with Gasteiger partial charge in [-0.2, -0.15) is 0 Å². The summed E-state index contributed by atoms with van der Waals surface area (Å²) >= 11 is 0. The van der Waals surface area contributed by atoms with Crippen LogP contribution in [0.3, 0.4) is 0 Å². The second-order valence-electron chi connectivity index (χ2n) is 4.62. The quantitative estimate of drug-likeness (QED) is 0.847. The Morgan fingerprint density at radius 3 is 3.11 bits per heavy atom. The zero-order chi connectivity index (χ0) is 13.0. The van der Waals surface area contributed by atoms with E-state index in [1.807, 2.05) is 0 Å². The maximum absolute atomic E-state index is 12.0. The number of hydrogen-bond acceptors (Lipinski definition) is 5. The first kappa shape index (κ1) is 15.9. The summed E-state index contributed by atoms with van der Waals surface area (Å²) in [6, 6.07) is 1.76. The first-order valence-electron chi connectivity index (χ1n) is 6.20. The third-order valence-corrected chi connectivity index (χ3v) is 3.36. The standard InChI is InChI=1S/C12H19N3O3.ClH/c1-17-7-9-5-11(15-18-9)12(16)14-10-4-2-3-8(10)6-13;/h5,8,10H,2-4,6-7,13H2,1H3,(H,14,16);1H. The molecule has 0 aromatic carbocycles. The lowest BCUT2D eigenvalue weighted by atomic mass is 10.0. The van der Waals surface area contributed by atoms with Crippen molar-refractivity contribution in [2.45, 2.75) is 31.9 Å². The Morgan fingerprint density at radius 2 is 2.42 bits per heavy atom. The minimum Gasteiger partial charge on any atom is -0.377 e. The minimum atomic E-state index is -0.202. The van der Waals surface area contributed by atoms with Crippen molar-refractivity contribution in [3.05, 3.63) is 17.5 Å². The molecule has 7 heteroatoms. The number of nitrogens with zero attached hydrogens (tertiary/aromatic N) is 1. The predicted octanol–water partition coefficient (Wildman–Crippen LogP) is 1.10. The number of hydrogen-bond donors (Lipinski definition) is 2. The molecular weight excluding hydrogens is 270 g/mol. The van der Waals surface area contributed by atoms with Crippen LogP contribution in [0.1, 0.15) is 35.5 Å². The van der Waals surface area contributed by atoms with Crippen molar-refractivity contribution >= 4 is 18.3 Å². The lowest BCUT2D eigenvalue weighted by molar-refractivity contribution is 0.0919. The number of rotatable bonds is 5. The van der Waals surface area contributed by atoms with E-state index in [1.54, 1.807) is 13.2 Å². The predicted molar refractivity (Wildman–Crippen MR) is 72.1 cm³/mol. The van der Waals surface area contributed by atoms with Crippen LogP contribution in [-0.4, -0.2) is 30.8 Å². The summed E-state index contributed by atoms with van der Waals surface area (Å²) in [5.41, 5.74) is 5.98. The molecule has 19 heavy (non-hydrogen) atoms. The molecule has 6 nitrogen and oxygen atoms in total. The van der Waals surface area contributed by atoms with Gasteiger partial charge in [-0.15, -0.1) is 12.4 Å². The van der Waals surface area contributed by atoms with Gasteiger partial charge in [-0.05, 0) is 25.3 Å². The van der Waals surface area contributed by atoms with Gasteiger partial charge in [0.05, 0.1) is 0 Å². The maximum atomic E-state index is 12.0. The van der Waals surface area contributed by atoms with Gasteiger partial charge in [0.2, 0.25) is 0 Å². The Balaban J connectivity index is 0.00000180. The highest BCUT2D eigenvalue weighted by Gasteiger charge is 2.28. The third-order valence-electron chi connectivity index (χ3n) is 3.36. The van der Waals surface area contributed by atoms with Crippen LogP contribution in [0.4, 0.5) is 0 Å². The number of ether oxygens (including phenoxy) is 1. The molecule has 3 N–H and O–H groups in total. The number of amides is 1. The van der Waals surface area contributed by atoms with E-state index in [9.17, 15) is 4.79 Å². The maximum Gasteiger partial charge on any atom is 0.273 e. The molecule has 0 radical (unpaired) electrons. The SMILES string of the molecule is COCc1cc(C(=O)NC2CCCC2CN)no1.Cl. The normalized spacial score (nSPS) is 22.0. The highest BCUT2D eigenvalue weighted by molar-refractivity contribution is 5.92. The molecule has 0 bridgehead atoms. The van der Waals surface area contributed by atoms with E-state index in [0.29, 0.717) is 30.5 Å². The van der Waals surface area contributed by atoms with Crippen LogP contribution in [0.5, 0.6) is 0 Å². The lowest BCUT2D eigenvalue weighted by Crippen LogP contribution is -2.39. The Kier molecular flexibility index (Phi) is 6.27. The highest BCUT2D eigenvalue weighted by atomic mass is 35.5. The molecule has 0 saturated heterocycles. The van der Waals surface area contributed by atoms with Gasteiger partial charge in [0.1, 0.15) is 6.61 Å². The summed E-state index contributed by atoms with van der Waals surface area (Å²) < 4.78 is 9.89. The summed E-state index contributed by atoms with van der Waals surface area (Å²) in [5.74, 6) is 0.718. The number of carbonyl (C=O) groups is 1. The second kappa shape index (κ2) is 7.47. The van der Waals surface area contributed by atoms with E-state index in [4.69, 9.17) is 15.0 Å². The topological polar surface area (TPSA) is 90.4 Å². The molecule has 108 valence electrons. The summed E-state index contributed by atoms with van der Waals surface area (Å²) in [7, 11) is 1.56. The molecule has 2 unspecified atom stereocenters. The van der Waals surface area contributed by atoms with E-state index in [2.05, 4.69) is 10.5 Å². The summed E-state index contributed by atoms with van der Waals surface area (Å²) in [5, 5.41) is 6.70. The lowest BCUT2D eigenvalue weighted by Gasteiger charge is -2.18. The van der Waals surface area contributed by atoms with Crippen LogP contribution < -0.4 is 11.1 Å². The largest absolute Gasteiger partial charge is 0.377 e. The van der Waals surface area contributed by atoms with Crippen molar-refractivity contribution in [2.24, 2.45) is 11.7 Å². The molecule has 1 aromatic rings. The van der Waals surface area contributed by atoms with E-state index in [1.165, 1.54) is 0 Å². The van der Waals surface area contributed by atoms with E-state index >= 15 is 0 Å². The fourth-order valence-corrected chi connectivity index (χ4v) is 2.38. The summed E-state index contributed by atoms with van der Waals surface area (Å²) in [4.78, 5) is 12.0. The molecule has 1 heterocycles. The van der Waals surface area contributed by atoms with Gasteiger partial charge in [-0.1, -0.05) is 11.6 Å². The zero-order valence-corrected chi connectivity index (χ0v) is 11.7. The molecule has 1 aliphatic rings. The Morgan fingerprint density at radius 1 is 1.63 bits per heavy atom. The van der Waals surface area contributed by atoms with Crippen LogP contribution in [0.2, 0.25) is 0 Å². The number of carbonyl (C=O) groups excluding carboxylic acids is 1.